The second-order valence-electron chi connectivity index (χ2n) is 8.23. The van der Waals surface area contributed by atoms with Gasteiger partial charge in [0.05, 0.1) is 22.8 Å². The highest BCUT2D eigenvalue weighted by Crippen LogP contribution is 2.35. The van der Waals surface area contributed by atoms with Crippen molar-refractivity contribution in [2.45, 2.75) is 38.6 Å². The van der Waals surface area contributed by atoms with Crippen LogP contribution in [-0.4, -0.2) is 31.9 Å². The molecule has 1 fully saturated rings. The Labute approximate surface area is 189 Å². The molecule has 4 aromatic rings. The zero-order chi connectivity index (χ0) is 22.2. The molecule has 1 saturated heterocycles. The van der Waals surface area contributed by atoms with E-state index in [9.17, 15) is 9.59 Å². The molecule has 164 valence electrons. The molecule has 8 heteroatoms. The lowest BCUT2D eigenvalue weighted by Crippen LogP contribution is -2.38. The predicted molar refractivity (Wildman–Crippen MR) is 123 cm³/mol. The minimum Gasteiger partial charge on any atom is -0.443 e. The Balaban J connectivity index is 1.45. The molecule has 0 aliphatic carbocycles. The highest BCUT2D eigenvalue weighted by molar-refractivity contribution is 7.20. The topological polar surface area (TPSA) is 81.2 Å². The summed E-state index contributed by atoms with van der Waals surface area (Å²) in [6.45, 7) is 2.47. The van der Waals surface area contributed by atoms with Crippen LogP contribution in [0.5, 0.6) is 0 Å². The van der Waals surface area contributed by atoms with Gasteiger partial charge in [-0.05, 0) is 37.3 Å². The summed E-state index contributed by atoms with van der Waals surface area (Å²) in [5.74, 6) is 1.28. The first-order valence-electron chi connectivity index (χ1n) is 10.8. The number of nitrogens with zero attached hydrogens (tertiary/aromatic N) is 4. The van der Waals surface area contributed by atoms with Crippen LogP contribution in [0.3, 0.4) is 0 Å². The van der Waals surface area contributed by atoms with Crippen molar-refractivity contribution in [2.24, 2.45) is 7.05 Å². The maximum atomic E-state index is 13.6. The van der Waals surface area contributed by atoms with Gasteiger partial charge in [0.1, 0.15) is 16.6 Å². The largest absolute Gasteiger partial charge is 0.443 e. The Kier molecular flexibility index (Phi) is 5.38. The van der Waals surface area contributed by atoms with E-state index < -0.39 is 0 Å². The van der Waals surface area contributed by atoms with Gasteiger partial charge < -0.3 is 13.9 Å². The normalized spacial score (nSPS) is 16.6. The molecule has 5 rings (SSSR count). The molecule has 1 amide bonds. The van der Waals surface area contributed by atoms with Gasteiger partial charge in [0, 0.05) is 20.0 Å². The summed E-state index contributed by atoms with van der Waals surface area (Å²) in [6.07, 6.45) is 6.68. The molecule has 3 aromatic heterocycles. The monoisotopic (exact) mass is 448 g/mol. The smallest absolute Gasteiger partial charge is 0.264 e. The molecule has 0 bridgehead atoms. The highest BCUT2D eigenvalue weighted by Gasteiger charge is 2.34. The minimum absolute atomic E-state index is 0.0833. The number of carbonyl (C=O) groups excluding carboxylic acids is 1. The van der Waals surface area contributed by atoms with E-state index in [1.54, 1.807) is 13.2 Å². The van der Waals surface area contributed by atoms with Gasteiger partial charge in [0.25, 0.3) is 11.5 Å². The summed E-state index contributed by atoms with van der Waals surface area (Å²) in [5, 5.41) is 0.526. The van der Waals surface area contributed by atoms with E-state index in [1.165, 1.54) is 22.2 Å². The first-order valence-corrected chi connectivity index (χ1v) is 11.6. The molecule has 1 aromatic carbocycles. The Morgan fingerprint density at radius 3 is 2.84 bits per heavy atom. The molecule has 0 saturated carbocycles. The molecule has 0 unspecified atom stereocenters. The van der Waals surface area contributed by atoms with E-state index in [-0.39, 0.29) is 17.5 Å². The molecule has 1 atom stereocenters. The van der Waals surface area contributed by atoms with Gasteiger partial charge in [0.15, 0.2) is 0 Å². The zero-order valence-corrected chi connectivity index (χ0v) is 18.9. The van der Waals surface area contributed by atoms with Gasteiger partial charge in [-0.15, -0.1) is 11.3 Å². The Morgan fingerprint density at radius 2 is 2.03 bits per heavy atom. The van der Waals surface area contributed by atoms with Crippen molar-refractivity contribution >= 4 is 27.5 Å². The van der Waals surface area contributed by atoms with Crippen molar-refractivity contribution in [3.05, 3.63) is 80.9 Å². The number of aromatic nitrogens is 3. The fraction of sp³-hybridized carbons (Fsp3) is 0.333. The van der Waals surface area contributed by atoms with Crippen molar-refractivity contribution in [2.75, 3.05) is 6.54 Å². The second kappa shape index (κ2) is 8.35. The Bertz CT molecular complexity index is 1340. The van der Waals surface area contributed by atoms with Gasteiger partial charge >= 0.3 is 0 Å². The SMILES string of the molecule is Cc1c(C(=O)N2CCCC[C@H]2c2ncc(Cc3ccccc3)o2)sc2ncn(C)c(=O)c12. The zero-order valence-electron chi connectivity index (χ0n) is 18.1. The average Bonchev–Trinajstić information content (AvgIpc) is 3.41. The number of hydrogen-bond acceptors (Lipinski definition) is 6. The summed E-state index contributed by atoms with van der Waals surface area (Å²) in [6, 6.07) is 9.90. The number of amides is 1. The standard InChI is InChI=1S/C24H24N4O3S/c1-15-19-22(26-14-27(2)23(19)29)32-20(15)24(30)28-11-7-6-10-18(28)21-25-13-17(31-21)12-16-8-4-3-5-9-16/h3-5,8-9,13-14,18H,6-7,10-12H2,1-2H3/t18-/m0/s1. The van der Waals surface area contributed by atoms with Crippen LogP contribution in [0.25, 0.3) is 10.2 Å². The van der Waals surface area contributed by atoms with Crippen molar-refractivity contribution in [1.29, 1.82) is 0 Å². The maximum absolute atomic E-state index is 13.6. The summed E-state index contributed by atoms with van der Waals surface area (Å²) in [5.41, 5.74) is 1.73. The summed E-state index contributed by atoms with van der Waals surface area (Å²) in [4.78, 5) is 38.1. The molecule has 32 heavy (non-hydrogen) atoms. The molecule has 0 N–H and O–H groups in total. The lowest BCUT2D eigenvalue weighted by molar-refractivity contribution is 0.0574. The third-order valence-corrected chi connectivity index (χ3v) is 7.23. The fourth-order valence-corrected chi connectivity index (χ4v) is 5.43. The van der Waals surface area contributed by atoms with Crippen LogP contribution in [0.15, 0.2) is 52.1 Å². The number of benzene rings is 1. The third kappa shape index (κ3) is 3.64. The predicted octanol–water partition coefficient (Wildman–Crippen LogP) is 4.25. The second-order valence-corrected chi connectivity index (χ2v) is 9.23. The fourth-order valence-electron chi connectivity index (χ4n) is 4.33. The molecule has 0 spiro atoms. The van der Waals surface area contributed by atoms with Gasteiger partial charge in [-0.1, -0.05) is 30.3 Å². The van der Waals surface area contributed by atoms with Crippen LogP contribution in [-0.2, 0) is 13.5 Å². The van der Waals surface area contributed by atoms with E-state index >= 15 is 0 Å². The Hall–Kier alpha value is -3.26. The van der Waals surface area contributed by atoms with Crippen molar-refractivity contribution in [3.8, 4) is 0 Å². The van der Waals surface area contributed by atoms with E-state index in [0.29, 0.717) is 39.5 Å². The maximum Gasteiger partial charge on any atom is 0.264 e. The number of oxazole rings is 1. The average molecular weight is 449 g/mol. The number of likely N-dealkylation sites (tertiary alicyclic amines) is 1. The summed E-state index contributed by atoms with van der Waals surface area (Å²) in [7, 11) is 1.67. The van der Waals surface area contributed by atoms with Gasteiger partial charge in [-0.25, -0.2) is 9.97 Å². The van der Waals surface area contributed by atoms with E-state index in [0.717, 1.165) is 30.6 Å². The third-order valence-electron chi connectivity index (χ3n) is 6.05. The number of carbonyl (C=O) groups is 1. The summed E-state index contributed by atoms with van der Waals surface area (Å²) >= 11 is 1.29. The molecule has 4 heterocycles. The molecule has 7 nitrogen and oxygen atoms in total. The molecular formula is C24H24N4O3S. The minimum atomic E-state index is -0.207. The Morgan fingerprint density at radius 1 is 1.22 bits per heavy atom. The van der Waals surface area contributed by atoms with Crippen LogP contribution >= 0.6 is 11.3 Å². The van der Waals surface area contributed by atoms with Gasteiger partial charge in [0.2, 0.25) is 5.89 Å². The van der Waals surface area contributed by atoms with E-state index in [2.05, 4.69) is 22.1 Å². The number of rotatable bonds is 4. The number of hydrogen-bond donors (Lipinski definition) is 0. The molecular weight excluding hydrogens is 424 g/mol. The van der Waals surface area contributed by atoms with Gasteiger partial charge in [-0.3, -0.25) is 9.59 Å². The number of piperidine rings is 1. The molecule has 1 aliphatic rings. The lowest BCUT2D eigenvalue weighted by atomic mass is 10.0. The van der Waals surface area contributed by atoms with Crippen LogP contribution in [0, 0.1) is 6.92 Å². The van der Waals surface area contributed by atoms with Crippen LogP contribution < -0.4 is 5.56 Å². The number of thiophene rings is 1. The van der Waals surface area contributed by atoms with Crippen LogP contribution in [0.4, 0.5) is 0 Å². The number of fused-ring (bicyclic) bond motifs is 1. The van der Waals surface area contributed by atoms with Crippen molar-refractivity contribution in [1.82, 2.24) is 19.4 Å². The van der Waals surface area contributed by atoms with E-state index in [4.69, 9.17) is 4.42 Å². The highest BCUT2D eigenvalue weighted by atomic mass is 32.1. The van der Waals surface area contributed by atoms with Crippen molar-refractivity contribution < 1.29 is 9.21 Å². The number of aryl methyl sites for hydroxylation is 2. The van der Waals surface area contributed by atoms with Crippen molar-refractivity contribution in [3.63, 3.8) is 0 Å². The van der Waals surface area contributed by atoms with E-state index in [1.807, 2.05) is 30.0 Å². The van der Waals surface area contributed by atoms with Crippen LogP contribution in [0.2, 0.25) is 0 Å². The molecule has 0 radical (unpaired) electrons. The lowest BCUT2D eigenvalue weighted by Gasteiger charge is -2.33. The molecule has 1 aliphatic heterocycles. The van der Waals surface area contributed by atoms with Crippen LogP contribution in [0.1, 0.15) is 57.8 Å². The first kappa shape index (κ1) is 20.6. The summed E-state index contributed by atoms with van der Waals surface area (Å²) < 4.78 is 7.55. The quantitative estimate of drug-likeness (QED) is 0.466. The van der Waals surface area contributed by atoms with Gasteiger partial charge in [-0.2, -0.15) is 0 Å². The first-order chi connectivity index (χ1) is 15.5.